The van der Waals surface area contributed by atoms with Crippen LogP contribution in [0.25, 0.3) is 23.4 Å². The van der Waals surface area contributed by atoms with Gasteiger partial charge in [0.15, 0.2) is 6.54 Å². The number of anilines is 1. The lowest BCUT2D eigenvalue weighted by Crippen LogP contribution is -2.37. The van der Waals surface area contributed by atoms with Gasteiger partial charge in [0, 0.05) is 37.8 Å². The van der Waals surface area contributed by atoms with Crippen molar-refractivity contribution in [2.45, 2.75) is 13.0 Å². The Labute approximate surface area is 176 Å². The van der Waals surface area contributed by atoms with Crippen LogP contribution in [0, 0.1) is 0 Å². The molecule has 0 saturated heterocycles. The Morgan fingerprint density at radius 1 is 1.03 bits per heavy atom. The molecule has 0 saturated carbocycles. The average molecular weight is 430 g/mol. The Kier molecular flexibility index (Phi) is 6.84. The van der Waals surface area contributed by atoms with E-state index in [1.807, 2.05) is 44.4 Å². The average Bonchev–Trinajstić information content (AvgIpc) is 3.09. The third kappa shape index (κ3) is 6.00. The first-order chi connectivity index (χ1) is 13.8. The van der Waals surface area contributed by atoms with E-state index >= 15 is 0 Å². The first-order valence-corrected chi connectivity index (χ1v) is 11.8. The van der Waals surface area contributed by atoms with Crippen molar-refractivity contribution in [3.63, 3.8) is 0 Å². The predicted octanol–water partition coefficient (Wildman–Crippen LogP) is 4.22. The van der Waals surface area contributed by atoms with Gasteiger partial charge >= 0.3 is 0 Å². The molecule has 3 rings (SSSR count). The zero-order chi connectivity index (χ0) is 20.9. The molecule has 0 unspecified atom stereocenters. The number of hydrogen-bond acceptors (Lipinski definition) is 4. The van der Waals surface area contributed by atoms with Crippen molar-refractivity contribution in [3.8, 4) is 11.3 Å². The SMILES string of the molecule is CN(C)c1ccc(C=Cc2scc(-c3ccccc3)[n+]2CCCS(=O)(=O)O)cc1. The number of thiazole rings is 1. The fraction of sp³-hybridized carbons (Fsp3) is 0.227. The second kappa shape index (κ2) is 9.35. The molecule has 5 nitrogen and oxygen atoms in total. The van der Waals surface area contributed by atoms with Crippen LogP contribution in [0.3, 0.4) is 0 Å². The molecule has 0 fully saturated rings. The van der Waals surface area contributed by atoms with E-state index in [1.54, 1.807) is 11.3 Å². The second-order valence-electron chi connectivity index (χ2n) is 6.94. The maximum atomic E-state index is 11.1. The van der Waals surface area contributed by atoms with Crippen LogP contribution < -0.4 is 9.47 Å². The minimum absolute atomic E-state index is 0.251. The monoisotopic (exact) mass is 429 g/mol. The molecule has 7 heteroatoms. The van der Waals surface area contributed by atoms with Crippen molar-refractivity contribution in [2.75, 3.05) is 24.7 Å². The Morgan fingerprint density at radius 3 is 2.34 bits per heavy atom. The first-order valence-electron chi connectivity index (χ1n) is 9.31. The van der Waals surface area contributed by atoms with Gasteiger partial charge in [-0.3, -0.25) is 4.55 Å². The summed E-state index contributed by atoms with van der Waals surface area (Å²) in [6.07, 6.45) is 4.45. The fourth-order valence-electron chi connectivity index (χ4n) is 3.01. The highest BCUT2D eigenvalue weighted by molar-refractivity contribution is 7.85. The minimum Gasteiger partial charge on any atom is -0.378 e. The third-order valence-electron chi connectivity index (χ3n) is 4.53. The molecule has 1 aromatic heterocycles. The lowest BCUT2D eigenvalue weighted by molar-refractivity contribution is -0.683. The normalized spacial score (nSPS) is 11.8. The van der Waals surface area contributed by atoms with Gasteiger partial charge in [0.1, 0.15) is 0 Å². The molecular weight excluding hydrogens is 404 g/mol. The Balaban J connectivity index is 1.87. The quantitative estimate of drug-likeness (QED) is 0.430. The zero-order valence-electron chi connectivity index (χ0n) is 16.5. The van der Waals surface area contributed by atoms with E-state index in [0.717, 1.165) is 27.5 Å². The maximum absolute atomic E-state index is 11.1. The van der Waals surface area contributed by atoms with Crippen LogP contribution >= 0.6 is 11.3 Å². The number of rotatable bonds is 8. The van der Waals surface area contributed by atoms with E-state index in [9.17, 15) is 8.42 Å². The van der Waals surface area contributed by atoms with Crippen LogP contribution in [0.1, 0.15) is 17.0 Å². The van der Waals surface area contributed by atoms with Gasteiger partial charge in [-0.15, -0.1) is 0 Å². The van der Waals surface area contributed by atoms with Crippen molar-refractivity contribution in [2.24, 2.45) is 0 Å². The molecule has 0 aliphatic heterocycles. The number of hydrogen-bond donors (Lipinski definition) is 1. The molecule has 0 aliphatic rings. The van der Waals surface area contributed by atoms with Gasteiger partial charge in [0.05, 0.1) is 11.1 Å². The molecule has 1 N–H and O–H groups in total. The highest BCUT2D eigenvalue weighted by Crippen LogP contribution is 2.22. The Bertz CT molecular complexity index is 1070. The van der Waals surface area contributed by atoms with Crippen LogP contribution in [0.4, 0.5) is 5.69 Å². The summed E-state index contributed by atoms with van der Waals surface area (Å²) < 4.78 is 33.4. The van der Waals surface area contributed by atoms with Gasteiger partial charge in [-0.1, -0.05) is 41.7 Å². The molecule has 152 valence electrons. The van der Waals surface area contributed by atoms with Crippen molar-refractivity contribution < 1.29 is 17.5 Å². The summed E-state index contributed by atoms with van der Waals surface area (Å²) in [5.74, 6) is -0.251. The molecule has 2 aromatic carbocycles. The highest BCUT2D eigenvalue weighted by Gasteiger charge is 2.20. The van der Waals surface area contributed by atoms with E-state index in [2.05, 4.69) is 51.3 Å². The molecular formula is C22H25N2O3S2+. The molecule has 0 spiro atoms. The van der Waals surface area contributed by atoms with Gasteiger partial charge in [-0.05, 0) is 35.9 Å². The number of nitrogens with zero attached hydrogens (tertiary/aromatic N) is 2. The summed E-state index contributed by atoms with van der Waals surface area (Å²) >= 11 is 1.61. The van der Waals surface area contributed by atoms with Crippen molar-refractivity contribution in [3.05, 3.63) is 70.5 Å². The smallest absolute Gasteiger partial charge is 0.265 e. The third-order valence-corrected chi connectivity index (χ3v) is 6.27. The van der Waals surface area contributed by atoms with E-state index in [4.69, 9.17) is 4.55 Å². The van der Waals surface area contributed by atoms with E-state index in [-0.39, 0.29) is 5.75 Å². The van der Waals surface area contributed by atoms with E-state index in [0.29, 0.717) is 13.0 Å². The topological polar surface area (TPSA) is 61.5 Å². The summed E-state index contributed by atoms with van der Waals surface area (Å²) in [4.78, 5) is 2.06. The number of benzene rings is 2. The second-order valence-corrected chi connectivity index (χ2v) is 9.40. The number of aromatic nitrogens is 1. The predicted molar refractivity (Wildman–Crippen MR) is 121 cm³/mol. The maximum Gasteiger partial charge on any atom is 0.265 e. The van der Waals surface area contributed by atoms with Gasteiger partial charge in [-0.2, -0.15) is 13.0 Å². The van der Waals surface area contributed by atoms with Crippen molar-refractivity contribution in [1.29, 1.82) is 0 Å². The largest absolute Gasteiger partial charge is 0.378 e. The van der Waals surface area contributed by atoms with Crippen LogP contribution in [0.15, 0.2) is 60.0 Å². The Morgan fingerprint density at radius 2 is 1.72 bits per heavy atom. The summed E-state index contributed by atoms with van der Waals surface area (Å²) in [7, 11) is 0.0560. The lowest BCUT2D eigenvalue weighted by Gasteiger charge is -2.11. The summed E-state index contributed by atoms with van der Waals surface area (Å²) in [6.45, 7) is 0.507. The van der Waals surface area contributed by atoms with E-state index in [1.165, 1.54) is 0 Å². The van der Waals surface area contributed by atoms with Gasteiger partial charge in [-0.25, -0.2) is 0 Å². The van der Waals surface area contributed by atoms with Crippen LogP contribution in [-0.2, 0) is 16.7 Å². The van der Waals surface area contributed by atoms with Gasteiger partial charge < -0.3 is 4.90 Å². The highest BCUT2D eigenvalue weighted by atomic mass is 32.2. The van der Waals surface area contributed by atoms with Crippen LogP contribution in [0.5, 0.6) is 0 Å². The molecule has 0 amide bonds. The van der Waals surface area contributed by atoms with Gasteiger partial charge in [0.25, 0.3) is 15.1 Å². The lowest BCUT2D eigenvalue weighted by atomic mass is 10.1. The zero-order valence-corrected chi connectivity index (χ0v) is 18.2. The van der Waals surface area contributed by atoms with Gasteiger partial charge in [0.2, 0.25) is 5.69 Å². The van der Waals surface area contributed by atoms with Crippen molar-refractivity contribution >= 4 is 39.3 Å². The summed E-state index contributed by atoms with van der Waals surface area (Å²) in [6, 6.07) is 18.3. The first kappa shape index (κ1) is 21.2. The Hall–Kier alpha value is -2.48. The van der Waals surface area contributed by atoms with Crippen LogP contribution in [-0.4, -0.2) is 32.8 Å². The van der Waals surface area contributed by atoms with Crippen molar-refractivity contribution in [1.82, 2.24) is 0 Å². The molecule has 1 heterocycles. The molecule has 0 radical (unpaired) electrons. The summed E-state index contributed by atoms with van der Waals surface area (Å²) in [5, 5.41) is 3.10. The summed E-state index contributed by atoms with van der Waals surface area (Å²) in [5.41, 5.74) is 4.35. The molecule has 0 aliphatic carbocycles. The molecule has 0 bridgehead atoms. The fourth-order valence-corrected chi connectivity index (χ4v) is 4.46. The standard InChI is InChI=1S/C22H24N2O3S2/c1-23(2)20-12-9-18(10-13-20)11-14-22-24(15-6-16-29(25,26)27)21(17-28-22)19-7-4-3-5-8-19/h3-5,7-14,17H,6,15-16H2,1-2H3/p+1. The minimum atomic E-state index is -3.97. The van der Waals surface area contributed by atoms with Crippen LogP contribution in [0.2, 0.25) is 0 Å². The molecule has 29 heavy (non-hydrogen) atoms. The molecule has 0 atom stereocenters. The van der Waals surface area contributed by atoms with E-state index < -0.39 is 10.1 Å². The molecule has 3 aromatic rings.